The highest BCUT2D eigenvalue weighted by molar-refractivity contribution is 6.32. The molecule has 0 bridgehead atoms. The van der Waals surface area contributed by atoms with Crippen LogP contribution in [0.4, 0.5) is 4.39 Å². The Morgan fingerprint density at radius 3 is 2.80 bits per heavy atom. The molecule has 80 valence electrons. The summed E-state index contributed by atoms with van der Waals surface area (Å²) in [4.78, 5) is 10.1. The number of benzene rings is 1. The molecule has 1 aromatic carbocycles. The van der Waals surface area contributed by atoms with Crippen molar-refractivity contribution in [1.82, 2.24) is 0 Å². The molecular formula is C10H9ClFNO2. The highest BCUT2D eigenvalue weighted by Gasteiger charge is 2.09. The van der Waals surface area contributed by atoms with Gasteiger partial charge in [-0.25, -0.2) is 4.39 Å². The Balaban J connectivity index is 3.12. The van der Waals surface area contributed by atoms with Gasteiger partial charge in [0.25, 0.3) is 0 Å². The molecule has 0 amide bonds. The van der Waals surface area contributed by atoms with Gasteiger partial charge in [-0.3, -0.25) is 10.1 Å². The van der Waals surface area contributed by atoms with E-state index in [1.807, 2.05) is 0 Å². The zero-order chi connectivity index (χ0) is 11.4. The Morgan fingerprint density at radius 1 is 1.67 bits per heavy atom. The van der Waals surface area contributed by atoms with Crippen LogP contribution in [0.3, 0.4) is 0 Å². The molecule has 0 unspecified atom stereocenters. The third-order valence-electron chi connectivity index (χ3n) is 1.88. The molecule has 3 nitrogen and oxygen atoms in total. The molecule has 0 radical (unpaired) electrons. The summed E-state index contributed by atoms with van der Waals surface area (Å²) < 4.78 is 12.7. The molecule has 0 spiro atoms. The van der Waals surface area contributed by atoms with E-state index in [2.05, 4.69) is 0 Å². The standard InChI is InChI=1S/C10H9ClFNO2/c1-2-9(13(14)15)5-7-3-4-8(12)6-10(7)11/h3-6H,2H2,1H3/b9-5-. The van der Waals surface area contributed by atoms with E-state index in [0.717, 1.165) is 6.07 Å². The van der Waals surface area contributed by atoms with Crippen molar-refractivity contribution in [2.45, 2.75) is 13.3 Å². The summed E-state index contributed by atoms with van der Waals surface area (Å²) >= 11 is 5.73. The van der Waals surface area contributed by atoms with Crippen LogP contribution in [-0.2, 0) is 0 Å². The molecule has 5 heteroatoms. The van der Waals surface area contributed by atoms with Crippen LogP contribution in [0.2, 0.25) is 5.02 Å². The molecular weight excluding hydrogens is 221 g/mol. The molecule has 0 N–H and O–H groups in total. The number of hydrogen-bond acceptors (Lipinski definition) is 2. The summed E-state index contributed by atoms with van der Waals surface area (Å²) in [6.07, 6.45) is 1.64. The van der Waals surface area contributed by atoms with Gasteiger partial charge in [-0.05, 0) is 17.7 Å². The van der Waals surface area contributed by atoms with E-state index in [-0.39, 0.29) is 10.7 Å². The lowest BCUT2D eigenvalue weighted by Crippen LogP contribution is -1.96. The van der Waals surface area contributed by atoms with Gasteiger partial charge in [0.15, 0.2) is 0 Å². The predicted octanol–water partition coefficient (Wildman–Crippen LogP) is 3.51. The zero-order valence-electron chi connectivity index (χ0n) is 8.04. The van der Waals surface area contributed by atoms with Gasteiger partial charge in [0.2, 0.25) is 5.70 Å². The first-order valence-corrected chi connectivity index (χ1v) is 4.72. The Kier molecular flexibility index (Phi) is 3.80. The first kappa shape index (κ1) is 11.7. The molecule has 0 aliphatic rings. The topological polar surface area (TPSA) is 43.1 Å². The quantitative estimate of drug-likeness (QED) is 0.588. The molecule has 0 aliphatic heterocycles. The fraction of sp³-hybridized carbons (Fsp3) is 0.200. The zero-order valence-corrected chi connectivity index (χ0v) is 8.79. The maximum Gasteiger partial charge on any atom is 0.246 e. The van der Waals surface area contributed by atoms with Crippen molar-refractivity contribution >= 4 is 17.7 Å². The molecule has 0 saturated carbocycles. The summed E-state index contributed by atoms with van der Waals surface area (Å²) in [5, 5.41) is 10.7. The summed E-state index contributed by atoms with van der Waals surface area (Å²) in [5.41, 5.74) is 0.495. The molecule has 0 aliphatic carbocycles. The number of allylic oxidation sites excluding steroid dienone is 1. The van der Waals surface area contributed by atoms with E-state index in [1.54, 1.807) is 6.92 Å². The van der Waals surface area contributed by atoms with E-state index < -0.39 is 10.7 Å². The van der Waals surface area contributed by atoms with Crippen LogP contribution in [0.25, 0.3) is 6.08 Å². The van der Waals surface area contributed by atoms with Crippen molar-refractivity contribution in [2.75, 3.05) is 0 Å². The Bertz CT molecular complexity index is 418. The fourth-order valence-electron chi connectivity index (χ4n) is 1.08. The van der Waals surface area contributed by atoms with Crippen molar-refractivity contribution in [3.8, 4) is 0 Å². The van der Waals surface area contributed by atoms with E-state index >= 15 is 0 Å². The number of hydrogen-bond donors (Lipinski definition) is 0. The third kappa shape index (κ3) is 3.02. The van der Waals surface area contributed by atoms with Crippen LogP contribution >= 0.6 is 11.6 Å². The predicted molar refractivity (Wildman–Crippen MR) is 56.7 cm³/mol. The Labute approximate surface area is 91.3 Å². The molecule has 1 aromatic rings. The minimum Gasteiger partial charge on any atom is -0.259 e. The van der Waals surface area contributed by atoms with Crippen molar-refractivity contribution in [2.24, 2.45) is 0 Å². The molecule has 0 saturated heterocycles. The molecule has 0 heterocycles. The second-order valence-electron chi connectivity index (χ2n) is 2.91. The smallest absolute Gasteiger partial charge is 0.246 e. The lowest BCUT2D eigenvalue weighted by Gasteiger charge is -1.98. The minimum absolute atomic E-state index is 0.0449. The largest absolute Gasteiger partial charge is 0.259 e. The second-order valence-corrected chi connectivity index (χ2v) is 3.32. The molecule has 0 aromatic heterocycles. The first-order valence-electron chi connectivity index (χ1n) is 4.34. The molecule has 0 atom stereocenters. The van der Waals surface area contributed by atoms with Crippen LogP contribution in [-0.4, -0.2) is 4.92 Å². The highest BCUT2D eigenvalue weighted by atomic mass is 35.5. The van der Waals surface area contributed by atoms with Crippen LogP contribution in [0, 0.1) is 15.9 Å². The van der Waals surface area contributed by atoms with Crippen LogP contribution in [0.15, 0.2) is 23.9 Å². The van der Waals surface area contributed by atoms with Gasteiger partial charge in [0.1, 0.15) is 5.82 Å². The van der Waals surface area contributed by atoms with Crippen LogP contribution in [0.1, 0.15) is 18.9 Å². The van der Waals surface area contributed by atoms with Crippen LogP contribution in [0.5, 0.6) is 0 Å². The maximum atomic E-state index is 12.7. The van der Waals surface area contributed by atoms with Gasteiger partial charge >= 0.3 is 0 Å². The normalized spacial score (nSPS) is 11.5. The van der Waals surface area contributed by atoms with Gasteiger partial charge < -0.3 is 0 Å². The van der Waals surface area contributed by atoms with Crippen molar-refractivity contribution in [3.05, 3.63) is 50.4 Å². The van der Waals surface area contributed by atoms with Gasteiger partial charge in [0, 0.05) is 12.5 Å². The average Bonchev–Trinajstić information content (AvgIpc) is 2.16. The Morgan fingerprint density at radius 2 is 2.33 bits per heavy atom. The van der Waals surface area contributed by atoms with Gasteiger partial charge in [0.05, 0.1) is 9.95 Å². The summed E-state index contributed by atoms with van der Waals surface area (Å²) in [6.45, 7) is 1.67. The van der Waals surface area contributed by atoms with Crippen molar-refractivity contribution in [1.29, 1.82) is 0 Å². The van der Waals surface area contributed by atoms with E-state index in [1.165, 1.54) is 18.2 Å². The third-order valence-corrected chi connectivity index (χ3v) is 2.21. The second kappa shape index (κ2) is 4.89. The van der Waals surface area contributed by atoms with E-state index in [0.29, 0.717) is 12.0 Å². The fourth-order valence-corrected chi connectivity index (χ4v) is 1.30. The first-order chi connectivity index (χ1) is 7.04. The van der Waals surface area contributed by atoms with Gasteiger partial charge in [-0.15, -0.1) is 0 Å². The lowest BCUT2D eigenvalue weighted by molar-refractivity contribution is -0.425. The highest BCUT2D eigenvalue weighted by Crippen LogP contribution is 2.20. The molecule has 0 fully saturated rings. The van der Waals surface area contributed by atoms with Crippen LogP contribution < -0.4 is 0 Å². The SMILES string of the molecule is CC/C(=C/c1ccc(F)cc1Cl)[N+](=O)[O-]. The summed E-state index contributed by atoms with van der Waals surface area (Å²) in [7, 11) is 0. The Hall–Kier alpha value is -1.42. The van der Waals surface area contributed by atoms with Crippen molar-refractivity contribution in [3.63, 3.8) is 0 Å². The van der Waals surface area contributed by atoms with E-state index in [4.69, 9.17) is 11.6 Å². The number of nitrogens with zero attached hydrogens (tertiary/aromatic N) is 1. The summed E-state index contributed by atoms with van der Waals surface area (Å²) in [6, 6.07) is 3.75. The average molecular weight is 230 g/mol. The minimum atomic E-state index is -0.473. The lowest BCUT2D eigenvalue weighted by atomic mass is 10.1. The van der Waals surface area contributed by atoms with E-state index in [9.17, 15) is 14.5 Å². The summed E-state index contributed by atoms with van der Waals surface area (Å²) in [5.74, 6) is -0.462. The molecule has 15 heavy (non-hydrogen) atoms. The molecule has 1 rings (SSSR count). The number of nitro groups is 1. The number of rotatable bonds is 3. The number of halogens is 2. The van der Waals surface area contributed by atoms with Gasteiger partial charge in [-0.1, -0.05) is 24.6 Å². The maximum absolute atomic E-state index is 12.7. The van der Waals surface area contributed by atoms with Crippen molar-refractivity contribution < 1.29 is 9.31 Å². The van der Waals surface area contributed by atoms with Gasteiger partial charge in [-0.2, -0.15) is 0 Å². The monoisotopic (exact) mass is 229 g/mol.